The molecule has 1 rings (SSSR count). The van der Waals surface area contributed by atoms with Crippen molar-refractivity contribution in [2.24, 2.45) is 0 Å². The van der Waals surface area contributed by atoms with E-state index in [-0.39, 0.29) is 4.90 Å². The van der Waals surface area contributed by atoms with E-state index in [2.05, 4.69) is 0 Å². The Morgan fingerprint density at radius 3 is 1.94 bits per heavy atom. The molecule has 0 bridgehead atoms. The lowest BCUT2D eigenvalue weighted by atomic mass is 10.0. The molecule has 1 aromatic carbocycles. The highest BCUT2D eigenvalue weighted by Crippen LogP contribution is 2.27. The third kappa shape index (κ3) is 2.91. The van der Waals surface area contributed by atoms with Crippen molar-refractivity contribution >= 4 is 9.84 Å². The molecule has 0 saturated carbocycles. The van der Waals surface area contributed by atoms with Crippen molar-refractivity contribution in [3.05, 3.63) is 28.3 Å². The lowest BCUT2D eigenvalue weighted by molar-refractivity contribution is 0.112. The summed E-state index contributed by atoms with van der Waals surface area (Å²) in [5, 5.41) is 18.1. The van der Waals surface area contributed by atoms with Crippen LogP contribution in [0.1, 0.15) is 22.3 Å². The zero-order chi connectivity index (χ0) is 14.1. The summed E-state index contributed by atoms with van der Waals surface area (Å²) in [5.74, 6) is -0.450. The fourth-order valence-electron chi connectivity index (χ4n) is 2.04. The molecule has 0 aliphatic heterocycles. The van der Waals surface area contributed by atoms with Gasteiger partial charge >= 0.3 is 0 Å². The first-order valence-corrected chi connectivity index (χ1v) is 7.45. The van der Waals surface area contributed by atoms with Gasteiger partial charge in [-0.15, -0.1) is 0 Å². The lowest BCUT2D eigenvalue weighted by Crippen LogP contribution is -2.25. The number of hydrogen-bond acceptors (Lipinski definition) is 4. The maximum absolute atomic E-state index is 12.3. The third-order valence-electron chi connectivity index (χ3n) is 3.23. The SMILES string of the molecule is Cc1cc(C)c(C)c(S(=O)(=O)C[C@@H](O)CO)c1C. The average molecular weight is 272 g/mol. The molecule has 1 atom stereocenters. The van der Waals surface area contributed by atoms with E-state index >= 15 is 0 Å². The summed E-state index contributed by atoms with van der Waals surface area (Å²) >= 11 is 0. The Balaban J connectivity index is 3.41. The van der Waals surface area contributed by atoms with E-state index in [1.807, 2.05) is 19.9 Å². The second-order valence-corrected chi connectivity index (χ2v) is 6.68. The molecule has 0 radical (unpaired) electrons. The molecule has 0 aromatic heterocycles. The van der Waals surface area contributed by atoms with E-state index in [0.29, 0.717) is 11.1 Å². The van der Waals surface area contributed by atoms with Crippen LogP contribution in [0.5, 0.6) is 0 Å². The van der Waals surface area contributed by atoms with Crippen LogP contribution >= 0.6 is 0 Å². The maximum atomic E-state index is 12.3. The van der Waals surface area contributed by atoms with Crippen molar-refractivity contribution in [2.45, 2.75) is 38.7 Å². The van der Waals surface area contributed by atoms with E-state index in [0.717, 1.165) is 11.1 Å². The van der Waals surface area contributed by atoms with Gasteiger partial charge in [0.1, 0.15) is 0 Å². The quantitative estimate of drug-likeness (QED) is 0.859. The fourth-order valence-corrected chi connectivity index (χ4v) is 4.07. The Kier molecular flexibility index (Phi) is 4.53. The first-order chi connectivity index (χ1) is 8.20. The Morgan fingerprint density at radius 2 is 1.56 bits per heavy atom. The molecular weight excluding hydrogens is 252 g/mol. The number of sulfone groups is 1. The van der Waals surface area contributed by atoms with Gasteiger partial charge in [0, 0.05) is 0 Å². The number of aryl methyl sites for hydroxylation is 2. The summed E-state index contributed by atoms with van der Waals surface area (Å²) in [6.07, 6.45) is -1.24. The number of aliphatic hydroxyl groups excluding tert-OH is 2. The summed E-state index contributed by atoms with van der Waals surface area (Å²) in [6.45, 7) is 6.70. The Bertz CT molecular complexity index is 520. The number of hydrogen-bond donors (Lipinski definition) is 2. The van der Waals surface area contributed by atoms with Crippen LogP contribution in [-0.2, 0) is 9.84 Å². The topological polar surface area (TPSA) is 74.6 Å². The van der Waals surface area contributed by atoms with Gasteiger partial charge < -0.3 is 10.2 Å². The second-order valence-electron chi connectivity index (χ2n) is 4.71. The molecule has 0 unspecified atom stereocenters. The molecule has 5 heteroatoms. The van der Waals surface area contributed by atoms with Gasteiger partial charge in [0.2, 0.25) is 0 Å². The molecule has 0 amide bonds. The van der Waals surface area contributed by atoms with Gasteiger partial charge in [0.15, 0.2) is 9.84 Å². The number of aliphatic hydroxyl groups is 2. The maximum Gasteiger partial charge on any atom is 0.181 e. The Morgan fingerprint density at radius 1 is 1.11 bits per heavy atom. The molecule has 102 valence electrons. The zero-order valence-electron chi connectivity index (χ0n) is 11.2. The van der Waals surface area contributed by atoms with E-state index in [1.54, 1.807) is 13.8 Å². The van der Waals surface area contributed by atoms with Crippen LogP contribution in [-0.4, -0.2) is 37.1 Å². The van der Waals surface area contributed by atoms with Crippen LogP contribution < -0.4 is 0 Å². The predicted molar refractivity (Wildman–Crippen MR) is 70.5 cm³/mol. The van der Waals surface area contributed by atoms with Crippen LogP contribution in [0.2, 0.25) is 0 Å². The van der Waals surface area contributed by atoms with Gasteiger partial charge in [-0.25, -0.2) is 8.42 Å². The summed E-state index contributed by atoms with van der Waals surface area (Å²) in [4.78, 5) is 0.285. The van der Waals surface area contributed by atoms with Gasteiger partial charge in [-0.05, 0) is 49.9 Å². The molecular formula is C13H20O4S. The normalized spacial score (nSPS) is 13.7. The fraction of sp³-hybridized carbons (Fsp3) is 0.538. The van der Waals surface area contributed by atoms with Crippen LogP contribution in [0.25, 0.3) is 0 Å². The van der Waals surface area contributed by atoms with Crippen LogP contribution in [0.15, 0.2) is 11.0 Å². The van der Waals surface area contributed by atoms with Gasteiger partial charge in [-0.1, -0.05) is 6.07 Å². The molecule has 0 heterocycles. The standard InChI is InChI=1S/C13H20O4S/c1-8-5-9(2)11(4)13(10(8)3)18(16,17)7-12(15)6-14/h5,12,14-15H,6-7H2,1-4H3/t12-/m0/s1. The summed E-state index contributed by atoms with van der Waals surface area (Å²) < 4.78 is 24.6. The number of benzene rings is 1. The highest BCUT2D eigenvalue weighted by molar-refractivity contribution is 7.91. The van der Waals surface area contributed by atoms with Crippen molar-refractivity contribution in [3.63, 3.8) is 0 Å². The van der Waals surface area contributed by atoms with E-state index in [1.165, 1.54) is 0 Å². The van der Waals surface area contributed by atoms with Crippen molar-refractivity contribution in [1.29, 1.82) is 0 Å². The minimum absolute atomic E-state index is 0.285. The smallest absolute Gasteiger partial charge is 0.181 e. The Labute approximate surface area is 108 Å². The van der Waals surface area contributed by atoms with Gasteiger partial charge in [-0.2, -0.15) is 0 Å². The molecule has 4 nitrogen and oxygen atoms in total. The molecule has 0 saturated heterocycles. The minimum Gasteiger partial charge on any atom is -0.394 e. The van der Waals surface area contributed by atoms with Crippen LogP contribution in [0.3, 0.4) is 0 Å². The average Bonchev–Trinajstić information content (AvgIpc) is 2.25. The van der Waals surface area contributed by atoms with Crippen LogP contribution in [0.4, 0.5) is 0 Å². The van der Waals surface area contributed by atoms with Crippen molar-refractivity contribution < 1.29 is 18.6 Å². The third-order valence-corrected chi connectivity index (χ3v) is 5.29. The second kappa shape index (κ2) is 5.38. The largest absolute Gasteiger partial charge is 0.394 e. The number of rotatable bonds is 4. The minimum atomic E-state index is -3.59. The van der Waals surface area contributed by atoms with Gasteiger partial charge in [-0.3, -0.25) is 0 Å². The first-order valence-electron chi connectivity index (χ1n) is 5.79. The molecule has 2 N–H and O–H groups in total. The van der Waals surface area contributed by atoms with E-state index in [4.69, 9.17) is 5.11 Å². The highest BCUT2D eigenvalue weighted by atomic mass is 32.2. The molecule has 1 aromatic rings. The first kappa shape index (κ1) is 15.1. The monoisotopic (exact) mass is 272 g/mol. The lowest BCUT2D eigenvalue weighted by Gasteiger charge is -2.16. The van der Waals surface area contributed by atoms with E-state index < -0.39 is 28.3 Å². The van der Waals surface area contributed by atoms with Crippen LogP contribution in [0, 0.1) is 27.7 Å². The zero-order valence-corrected chi connectivity index (χ0v) is 12.0. The Hall–Kier alpha value is -0.910. The van der Waals surface area contributed by atoms with E-state index in [9.17, 15) is 13.5 Å². The summed E-state index contributed by atoms with van der Waals surface area (Å²) in [7, 11) is -3.59. The summed E-state index contributed by atoms with van der Waals surface area (Å²) in [5.41, 5.74) is 3.25. The molecule has 0 fully saturated rings. The molecule has 0 spiro atoms. The van der Waals surface area contributed by atoms with Gasteiger partial charge in [0.25, 0.3) is 0 Å². The molecule has 0 aliphatic rings. The van der Waals surface area contributed by atoms with Crippen molar-refractivity contribution in [2.75, 3.05) is 12.4 Å². The molecule has 18 heavy (non-hydrogen) atoms. The molecule has 0 aliphatic carbocycles. The predicted octanol–water partition coefficient (Wildman–Crippen LogP) is 1.05. The van der Waals surface area contributed by atoms with Crippen molar-refractivity contribution in [1.82, 2.24) is 0 Å². The van der Waals surface area contributed by atoms with Gasteiger partial charge in [0.05, 0.1) is 23.4 Å². The summed E-state index contributed by atoms with van der Waals surface area (Å²) in [6, 6.07) is 1.95. The highest BCUT2D eigenvalue weighted by Gasteiger charge is 2.24. The van der Waals surface area contributed by atoms with Crippen molar-refractivity contribution in [3.8, 4) is 0 Å².